The summed E-state index contributed by atoms with van der Waals surface area (Å²) in [6.07, 6.45) is 1.62. The molecule has 0 radical (unpaired) electrons. The molecule has 2 aliphatic heterocycles. The molecule has 2 heterocycles. The molecule has 2 nitrogen and oxygen atoms in total. The third-order valence-corrected chi connectivity index (χ3v) is 1.95. The van der Waals surface area contributed by atoms with Gasteiger partial charge in [-0.05, 0) is 13.3 Å². The van der Waals surface area contributed by atoms with Crippen molar-refractivity contribution in [3.63, 3.8) is 0 Å². The molecule has 0 amide bonds. The van der Waals surface area contributed by atoms with Crippen LogP contribution in [0.4, 0.5) is 0 Å². The summed E-state index contributed by atoms with van der Waals surface area (Å²) in [6, 6.07) is 0. The van der Waals surface area contributed by atoms with Crippen LogP contribution in [0.5, 0.6) is 0 Å². The highest BCUT2D eigenvalue weighted by Crippen LogP contribution is 2.41. The first kappa shape index (κ1) is 4.77. The molecule has 2 saturated heterocycles. The molecule has 2 aliphatic rings. The van der Waals surface area contributed by atoms with Gasteiger partial charge in [-0.1, -0.05) is 0 Å². The zero-order valence-electron chi connectivity index (χ0n) is 5.02. The van der Waals surface area contributed by atoms with E-state index in [0.29, 0.717) is 6.10 Å². The SMILES string of the molecule is CC12COCCC1O2. The van der Waals surface area contributed by atoms with Crippen LogP contribution < -0.4 is 0 Å². The fourth-order valence-corrected chi connectivity index (χ4v) is 1.25. The Hall–Kier alpha value is -0.0800. The van der Waals surface area contributed by atoms with Gasteiger partial charge in [-0.2, -0.15) is 0 Å². The van der Waals surface area contributed by atoms with Crippen molar-refractivity contribution >= 4 is 0 Å². The molecular formula is C6H10O2. The van der Waals surface area contributed by atoms with Gasteiger partial charge in [0.1, 0.15) is 5.60 Å². The number of epoxide rings is 1. The second kappa shape index (κ2) is 1.25. The highest BCUT2D eigenvalue weighted by atomic mass is 16.6. The van der Waals surface area contributed by atoms with Crippen molar-refractivity contribution in [2.45, 2.75) is 25.0 Å². The van der Waals surface area contributed by atoms with E-state index in [1.165, 1.54) is 0 Å². The Morgan fingerprint density at radius 1 is 1.62 bits per heavy atom. The highest BCUT2D eigenvalue weighted by molar-refractivity contribution is 5.00. The predicted molar refractivity (Wildman–Crippen MR) is 28.7 cm³/mol. The van der Waals surface area contributed by atoms with E-state index in [2.05, 4.69) is 6.92 Å². The van der Waals surface area contributed by atoms with E-state index < -0.39 is 0 Å². The van der Waals surface area contributed by atoms with Crippen LogP contribution in [0.25, 0.3) is 0 Å². The summed E-state index contributed by atoms with van der Waals surface area (Å²) < 4.78 is 10.5. The first-order chi connectivity index (χ1) is 3.81. The molecule has 0 aromatic carbocycles. The van der Waals surface area contributed by atoms with Gasteiger partial charge in [-0.3, -0.25) is 0 Å². The van der Waals surface area contributed by atoms with E-state index in [1.807, 2.05) is 0 Å². The molecule has 0 aromatic heterocycles. The number of ether oxygens (including phenoxy) is 2. The lowest BCUT2D eigenvalue weighted by Gasteiger charge is -2.11. The molecule has 2 fully saturated rings. The van der Waals surface area contributed by atoms with E-state index in [4.69, 9.17) is 9.47 Å². The van der Waals surface area contributed by atoms with Gasteiger partial charge in [0, 0.05) is 6.61 Å². The lowest BCUT2D eigenvalue weighted by Crippen LogP contribution is -2.24. The summed E-state index contributed by atoms with van der Waals surface area (Å²) in [5.41, 5.74) is 0.123. The van der Waals surface area contributed by atoms with Gasteiger partial charge in [0.15, 0.2) is 0 Å². The molecule has 0 spiro atoms. The minimum Gasteiger partial charge on any atom is -0.378 e. The molecule has 2 atom stereocenters. The van der Waals surface area contributed by atoms with Crippen LogP contribution in [0, 0.1) is 0 Å². The van der Waals surface area contributed by atoms with Crippen LogP contribution in [-0.4, -0.2) is 24.9 Å². The number of rotatable bonds is 0. The van der Waals surface area contributed by atoms with Crippen LogP contribution in [-0.2, 0) is 9.47 Å². The van der Waals surface area contributed by atoms with Crippen molar-refractivity contribution in [2.75, 3.05) is 13.2 Å². The quantitative estimate of drug-likeness (QED) is 0.429. The van der Waals surface area contributed by atoms with Gasteiger partial charge in [0.05, 0.1) is 12.7 Å². The average Bonchev–Trinajstić information content (AvgIpc) is 2.39. The van der Waals surface area contributed by atoms with E-state index >= 15 is 0 Å². The van der Waals surface area contributed by atoms with Crippen LogP contribution in [0.1, 0.15) is 13.3 Å². The summed E-state index contributed by atoms with van der Waals surface area (Å²) in [4.78, 5) is 0. The van der Waals surface area contributed by atoms with Crippen molar-refractivity contribution in [1.82, 2.24) is 0 Å². The summed E-state index contributed by atoms with van der Waals surface area (Å²) in [6.45, 7) is 3.80. The molecule has 0 saturated carbocycles. The van der Waals surface area contributed by atoms with Crippen molar-refractivity contribution in [3.05, 3.63) is 0 Å². The van der Waals surface area contributed by atoms with E-state index in [0.717, 1.165) is 19.6 Å². The van der Waals surface area contributed by atoms with Gasteiger partial charge in [-0.15, -0.1) is 0 Å². The van der Waals surface area contributed by atoms with Gasteiger partial charge in [0.25, 0.3) is 0 Å². The summed E-state index contributed by atoms with van der Waals surface area (Å²) in [7, 11) is 0. The normalized spacial score (nSPS) is 52.9. The summed E-state index contributed by atoms with van der Waals surface area (Å²) in [5.74, 6) is 0. The second-order valence-corrected chi connectivity index (χ2v) is 2.76. The highest BCUT2D eigenvalue weighted by Gasteiger charge is 2.53. The fraction of sp³-hybridized carbons (Fsp3) is 1.00. The largest absolute Gasteiger partial charge is 0.378 e. The first-order valence-corrected chi connectivity index (χ1v) is 3.07. The third-order valence-electron chi connectivity index (χ3n) is 1.95. The molecule has 0 N–H and O–H groups in total. The third kappa shape index (κ3) is 0.501. The smallest absolute Gasteiger partial charge is 0.115 e. The van der Waals surface area contributed by atoms with Crippen molar-refractivity contribution < 1.29 is 9.47 Å². The zero-order chi connectivity index (χ0) is 5.61. The summed E-state index contributed by atoms with van der Waals surface area (Å²) in [5, 5.41) is 0. The Morgan fingerprint density at radius 2 is 2.50 bits per heavy atom. The van der Waals surface area contributed by atoms with Crippen LogP contribution in [0.3, 0.4) is 0 Å². The van der Waals surface area contributed by atoms with Crippen molar-refractivity contribution in [3.8, 4) is 0 Å². The van der Waals surface area contributed by atoms with E-state index in [9.17, 15) is 0 Å². The molecule has 0 aromatic rings. The van der Waals surface area contributed by atoms with Crippen molar-refractivity contribution in [1.29, 1.82) is 0 Å². The zero-order valence-corrected chi connectivity index (χ0v) is 5.02. The Kier molecular flexibility index (Phi) is 0.746. The molecular weight excluding hydrogens is 104 g/mol. The first-order valence-electron chi connectivity index (χ1n) is 3.07. The Bertz CT molecular complexity index is 111. The minimum absolute atomic E-state index is 0.123. The lowest BCUT2D eigenvalue weighted by atomic mass is 10.1. The standard InChI is InChI=1S/C6H10O2/c1-6-4-7-3-2-5(6)8-6/h5H,2-4H2,1H3. The van der Waals surface area contributed by atoms with E-state index in [-0.39, 0.29) is 5.60 Å². The van der Waals surface area contributed by atoms with Crippen molar-refractivity contribution in [2.24, 2.45) is 0 Å². The molecule has 2 heteroatoms. The molecule has 2 rings (SSSR count). The second-order valence-electron chi connectivity index (χ2n) is 2.76. The number of hydrogen-bond acceptors (Lipinski definition) is 2. The summed E-state index contributed by atoms with van der Waals surface area (Å²) >= 11 is 0. The van der Waals surface area contributed by atoms with Crippen LogP contribution in [0.15, 0.2) is 0 Å². The topological polar surface area (TPSA) is 21.8 Å². The molecule has 46 valence electrons. The van der Waals surface area contributed by atoms with Gasteiger partial charge < -0.3 is 9.47 Å². The maximum Gasteiger partial charge on any atom is 0.115 e. The average molecular weight is 114 g/mol. The van der Waals surface area contributed by atoms with Crippen LogP contribution >= 0.6 is 0 Å². The predicted octanol–water partition coefficient (Wildman–Crippen LogP) is 0.564. The Balaban J connectivity index is 2.04. The Labute approximate surface area is 48.8 Å². The monoisotopic (exact) mass is 114 g/mol. The van der Waals surface area contributed by atoms with Gasteiger partial charge in [-0.25, -0.2) is 0 Å². The maximum absolute atomic E-state index is 5.34. The number of fused-ring (bicyclic) bond motifs is 1. The molecule has 0 aliphatic carbocycles. The molecule has 8 heavy (non-hydrogen) atoms. The number of hydrogen-bond donors (Lipinski definition) is 0. The van der Waals surface area contributed by atoms with E-state index in [1.54, 1.807) is 0 Å². The Morgan fingerprint density at radius 3 is 3.00 bits per heavy atom. The van der Waals surface area contributed by atoms with Gasteiger partial charge >= 0.3 is 0 Å². The lowest BCUT2D eigenvalue weighted by molar-refractivity contribution is 0.0798. The fourth-order valence-electron chi connectivity index (χ4n) is 1.25. The molecule has 2 unspecified atom stereocenters. The molecule has 0 bridgehead atoms. The minimum atomic E-state index is 0.123. The maximum atomic E-state index is 5.34. The van der Waals surface area contributed by atoms with Gasteiger partial charge in [0.2, 0.25) is 0 Å². The van der Waals surface area contributed by atoms with Crippen LogP contribution in [0.2, 0.25) is 0 Å².